The number of carbonyl (C=O) groups excluding carboxylic acids is 1. The molecule has 0 bridgehead atoms. The Bertz CT molecular complexity index is 880. The summed E-state index contributed by atoms with van der Waals surface area (Å²) in [6, 6.07) is 15.3. The zero-order valence-corrected chi connectivity index (χ0v) is 15.3. The van der Waals surface area contributed by atoms with Gasteiger partial charge in [0.15, 0.2) is 0 Å². The average Bonchev–Trinajstić information content (AvgIpc) is 3.21. The fraction of sp³-hybridized carbons (Fsp3) is 0.250. The Morgan fingerprint density at radius 1 is 1.31 bits per heavy atom. The summed E-state index contributed by atoms with van der Waals surface area (Å²) in [7, 11) is 0. The van der Waals surface area contributed by atoms with Crippen LogP contribution in [0.15, 0.2) is 63.7 Å². The van der Waals surface area contributed by atoms with E-state index in [9.17, 15) is 10.1 Å². The van der Waals surface area contributed by atoms with E-state index in [1.807, 2.05) is 36.6 Å². The summed E-state index contributed by atoms with van der Waals surface area (Å²) in [5, 5.41) is 10.4. The number of ether oxygens (including phenoxy) is 1. The van der Waals surface area contributed by atoms with Crippen molar-refractivity contribution in [3.63, 3.8) is 0 Å². The van der Waals surface area contributed by atoms with Gasteiger partial charge in [-0.15, -0.1) is 11.8 Å². The van der Waals surface area contributed by atoms with Gasteiger partial charge in [-0.2, -0.15) is 5.26 Å². The molecule has 0 spiro atoms. The van der Waals surface area contributed by atoms with Gasteiger partial charge in [0.25, 0.3) is 0 Å². The van der Waals surface area contributed by atoms with Crippen molar-refractivity contribution in [2.45, 2.75) is 12.8 Å². The molecule has 0 N–H and O–H groups in total. The van der Waals surface area contributed by atoms with Crippen LogP contribution in [0.3, 0.4) is 0 Å². The minimum atomic E-state index is -0.608. The molecule has 5 nitrogen and oxygen atoms in total. The maximum Gasteiger partial charge on any atom is 0.337 e. The van der Waals surface area contributed by atoms with Crippen molar-refractivity contribution in [3.05, 3.63) is 65.6 Å². The summed E-state index contributed by atoms with van der Waals surface area (Å²) in [6.07, 6.45) is 3.42. The SMILES string of the molecule is CCOC(=O)C1=C(c2ccccc2)N=C(SC)C(C#N)C1c1ccco1. The summed E-state index contributed by atoms with van der Waals surface area (Å²) in [6.45, 7) is 2.00. The molecule has 2 atom stereocenters. The number of nitrogens with zero attached hydrogens (tertiary/aromatic N) is 2. The van der Waals surface area contributed by atoms with Crippen LogP contribution in [-0.4, -0.2) is 23.9 Å². The molecule has 0 saturated carbocycles. The maximum atomic E-state index is 12.8. The molecule has 0 saturated heterocycles. The Kier molecular flexibility index (Phi) is 5.59. The molecule has 3 rings (SSSR count). The number of nitriles is 1. The van der Waals surface area contributed by atoms with Crippen molar-refractivity contribution in [3.8, 4) is 6.07 Å². The van der Waals surface area contributed by atoms with Crippen LogP contribution in [0.1, 0.15) is 24.2 Å². The summed E-state index contributed by atoms with van der Waals surface area (Å²) < 4.78 is 10.9. The highest BCUT2D eigenvalue weighted by molar-refractivity contribution is 8.13. The van der Waals surface area contributed by atoms with Gasteiger partial charge in [-0.3, -0.25) is 0 Å². The van der Waals surface area contributed by atoms with Gasteiger partial charge in [-0.05, 0) is 25.3 Å². The van der Waals surface area contributed by atoms with Gasteiger partial charge in [-0.1, -0.05) is 30.3 Å². The Labute approximate surface area is 156 Å². The van der Waals surface area contributed by atoms with E-state index in [1.54, 1.807) is 25.3 Å². The van der Waals surface area contributed by atoms with Crippen LogP contribution in [0, 0.1) is 17.2 Å². The maximum absolute atomic E-state index is 12.8. The van der Waals surface area contributed by atoms with E-state index in [-0.39, 0.29) is 6.61 Å². The number of rotatable bonds is 4. The molecule has 2 aromatic rings. The predicted octanol–water partition coefficient (Wildman–Crippen LogP) is 4.25. The standard InChI is InChI=1S/C20H18N2O3S/c1-3-24-20(23)17-16(15-10-7-11-25-15)14(12-21)19(26-2)22-18(17)13-8-5-4-6-9-13/h4-11,14,16H,3H2,1-2H3. The van der Waals surface area contributed by atoms with Crippen LogP contribution in [0.4, 0.5) is 0 Å². The van der Waals surface area contributed by atoms with Gasteiger partial charge in [0, 0.05) is 5.56 Å². The number of benzene rings is 1. The molecule has 1 aliphatic heterocycles. The summed E-state index contributed by atoms with van der Waals surface area (Å²) >= 11 is 1.40. The van der Waals surface area contributed by atoms with Gasteiger partial charge >= 0.3 is 5.97 Å². The second-order valence-electron chi connectivity index (χ2n) is 5.60. The molecule has 1 aromatic heterocycles. The predicted molar refractivity (Wildman–Crippen MR) is 101 cm³/mol. The average molecular weight is 366 g/mol. The normalized spacial score (nSPS) is 19.7. The summed E-state index contributed by atoms with van der Waals surface area (Å²) in [4.78, 5) is 17.5. The monoisotopic (exact) mass is 366 g/mol. The quantitative estimate of drug-likeness (QED) is 0.756. The second-order valence-corrected chi connectivity index (χ2v) is 6.43. The molecular formula is C20H18N2O3S. The molecule has 2 heterocycles. The lowest BCUT2D eigenvalue weighted by molar-refractivity contribution is -0.138. The molecule has 2 unspecified atom stereocenters. The highest BCUT2D eigenvalue weighted by Gasteiger charge is 2.41. The molecule has 0 radical (unpaired) electrons. The number of esters is 1. The lowest BCUT2D eigenvalue weighted by Gasteiger charge is -2.28. The van der Waals surface area contributed by atoms with Crippen molar-refractivity contribution in [2.24, 2.45) is 10.9 Å². The van der Waals surface area contributed by atoms with E-state index in [4.69, 9.17) is 9.15 Å². The third-order valence-electron chi connectivity index (χ3n) is 4.13. The van der Waals surface area contributed by atoms with Crippen LogP contribution in [0.5, 0.6) is 0 Å². The van der Waals surface area contributed by atoms with E-state index in [2.05, 4.69) is 11.1 Å². The van der Waals surface area contributed by atoms with Crippen LogP contribution in [-0.2, 0) is 9.53 Å². The Balaban J connectivity index is 2.28. The van der Waals surface area contributed by atoms with E-state index in [0.717, 1.165) is 5.56 Å². The van der Waals surface area contributed by atoms with Crippen molar-refractivity contribution >= 4 is 28.5 Å². The number of carbonyl (C=O) groups is 1. The van der Waals surface area contributed by atoms with Gasteiger partial charge in [0.2, 0.25) is 0 Å². The van der Waals surface area contributed by atoms with E-state index >= 15 is 0 Å². The third-order valence-corrected chi connectivity index (χ3v) is 4.89. The summed E-state index contributed by atoms with van der Waals surface area (Å²) in [5.74, 6) is -1.10. The fourth-order valence-electron chi connectivity index (χ4n) is 3.02. The summed E-state index contributed by atoms with van der Waals surface area (Å²) in [5.41, 5.74) is 1.69. The molecule has 26 heavy (non-hydrogen) atoms. The van der Waals surface area contributed by atoms with E-state index in [0.29, 0.717) is 22.1 Å². The van der Waals surface area contributed by atoms with Gasteiger partial charge in [0.1, 0.15) is 11.7 Å². The third kappa shape index (κ3) is 3.31. The minimum Gasteiger partial charge on any atom is -0.469 e. The zero-order chi connectivity index (χ0) is 18.5. The van der Waals surface area contributed by atoms with E-state index < -0.39 is 17.8 Å². The number of thioether (sulfide) groups is 1. The molecule has 6 heteroatoms. The molecule has 0 aliphatic carbocycles. The first-order valence-electron chi connectivity index (χ1n) is 8.23. The highest BCUT2D eigenvalue weighted by Crippen LogP contribution is 2.44. The Morgan fingerprint density at radius 3 is 2.65 bits per heavy atom. The Morgan fingerprint density at radius 2 is 2.08 bits per heavy atom. The molecule has 1 aliphatic rings. The zero-order valence-electron chi connectivity index (χ0n) is 14.5. The number of hydrogen-bond donors (Lipinski definition) is 0. The molecule has 1 aromatic carbocycles. The van der Waals surface area contributed by atoms with Crippen LogP contribution in [0.25, 0.3) is 5.70 Å². The van der Waals surface area contributed by atoms with Crippen molar-refractivity contribution in [1.29, 1.82) is 5.26 Å². The molecular weight excluding hydrogens is 348 g/mol. The van der Waals surface area contributed by atoms with Crippen LogP contribution < -0.4 is 0 Å². The molecule has 0 amide bonds. The van der Waals surface area contributed by atoms with Crippen molar-refractivity contribution in [2.75, 3.05) is 12.9 Å². The highest BCUT2D eigenvalue weighted by atomic mass is 32.2. The largest absolute Gasteiger partial charge is 0.469 e. The number of aliphatic imine (C=N–C) groups is 1. The van der Waals surface area contributed by atoms with Crippen LogP contribution >= 0.6 is 11.8 Å². The fourth-order valence-corrected chi connectivity index (χ4v) is 3.65. The van der Waals surface area contributed by atoms with Gasteiger partial charge in [-0.25, -0.2) is 9.79 Å². The second kappa shape index (κ2) is 8.07. The number of furan rings is 1. The van der Waals surface area contributed by atoms with Gasteiger partial charge < -0.3 is 9.15 Å². The lowest BCUT2D eigenvalue weighted by Crippen LogP contribution is -2.29. The van der Waals surface area contributed by atoms with Crippen molar-refractivity contribution in [1.82, 2.24) is 0 Å². The van der Waals surface area contributed by atoms with Crippen molar-refractivity contribution < 1.29 is 13.9 Å². The molecule has 0 fully saturated rings. The van der Waals surface area contributed by atoms with Crippen LogP contribution in [0.2, 0.25) is 0 Å². The van der Waals surface area contributed by atoms with Gasteiger partial charge in [0.05, 0.1) is 41.2 Å². The first-order chi connectivity index (χ1) is 12.7. The van der Waals surface area contributed by atoms with E-state index in [1.165, 1.54) is 11.8 Å². The molecule has 132 valence electrons. The topological polar surface area (TPSA) is 75.6 Å². The number of hydrogen-bond acceptors (Lipinski definition) is 6. The first-order valence-corrected chi connectivity index (χ1v) is 9.46. The smallest absolute Gasteiger partial charge is 0.337 e. The first kappa shape index (κ1) is 18.0. The lowest BCUT2D eigenvalue weighted by atomic mass is 9.81. The minimum absolute atomic E-state index is 0.242. The Hall–Kier alpha value is -2.78.